The molecule has 0 aliphatic heterocycles. The molecule has 0 spiro atoms. The monoisotopic (exact) mass is 690 g/mol. The van der Waals surface area contributed by atoms with E-state index in [1.165, 1.54) is 31.8 Å². The van der Waals surface area contributed by atoms with Gasteiger partial charge in [0.05, 0.1) is 30.9 Å². The van der Waals surface area contributed by atoms with Crippen LogP contribution in [-0.4, -0.2) is 49.9 Å². The highest BCUT2D eigenvalue weighted by Gasteiger charge is 2.33. The van der Waals surface area contributed by atoms with Crippen LogP contribution in [0.25, 0.3) is 0 Å². The van der Waals surface area contributed by atoms with Crippen molar-refractivity contribution in [2.24, 2.45) is 11.8 Å². The number of carbonyl (C=O) groups is 3. The molecule has 0 radical (unpaired) electrons. The predicted octanol–water partition coefficient (Wildman–Crippen LogP) is 9.84. The maximum atomic E-state index is 12.8. The van der Waals surface area contributed by atoms with Gasteiger partial charge in [0, 0.05) is 6.08 Å². The van der Waals surface area contributed by atoms with E-state index in [1.807, 2.05) is 24.3 Å². The van der Waals surface area contributed by atoms with Gasteiger partial charge >= 0.3 is 17.9 Å². The fourth-order valence-corrected chi connectivity index (χ4v) is 7.04. The maximum Gasteiger partial charge on any atom is 0.338 e. The number of ether oxygens (including phenoxy) is 5. The minimum absolute atomic E-state index is 0.0288. The summed E-state index contributed by atoms with van der Waals surface area (Å²) in [5.41, 5.74) is 1.11. The molecule has 8 nitrogen and oxygen atoms in total. The number of esters is 3. The van der Waals surface area contributed by atoms with Crippen molar-refractivity contribution in [1.82, 2.24) is 0 Å². The quantitative estimate of drug-likeness (QED) is 0.0553. The first-order valence-electron chi connectivity index (χ1n) is 19.1. The molecule has 50 heavy (non-hydrogen) atoms. The van der Waals surface area contributed by atoms with Crippen molar-refractivity contribution in [3.8, 4) is 11.5 Å². The second-order valence-corrected chi connectivity index (χ2v) is 13.8. The standard InChI is InChI=1S/C42H58O8/c1-3-5-6-7-10-29-46-36-21-17-34(18-22-36)41(44)49-38-25-13-32(14-26-38)33-15-27-39(28-16-33)50-42(45)35-19-23-37(24-20-35)47-30-11-8-9-12-31-48-40(43)4-2/h4,17-24,32-33,38-39H,2-3,5-16,25-31H2,1H3. The molecule has 0 aromatic heterocycles. The summed E-state index contributed by atoms with van der Waals surface area (Å²) >= 11 is 0. The number of hydrogen-bond donors (Lipinski definition) is 0. The molecule has 0 N–H and O–H groups in total. The fraction of sp³-hybridized carbons (Fsp3) is 0.595. The van der Waals surface area contributed by atoms with Crippen molar-refractivity contribution < 1.29 is 38.1 Å². The molecule has 2 saturated carbocycles. The van der Waals surface area contributed by atoms with Gasteiger partial charge in [-0.25, -0.2) is 14.4 Å². The highest BCUT2D eigenvalue weighted by molar-refractivity contribution is 5.90. The van der Waals surface area contributed by atoms with Crippen LogP contribution in [0.2, 0.25) is 0 Å². The van der Waals surface area contributed by atoms with E-state index in [1.54, 1.807) is 24.3 Å². The number of unbranched alkanes of at least 4 members (excludes halogenated alkanes) is 7. The van der Waals surface area contributed by atoms with E-state index in [0.29, 0.717) is 42.8 Å². The lowest BCUT2D eigenvalue weighted by molar-refractivity contribution is -0.137. The number of hydrogen-bond acceptors (Lipinski definition) is 8. The summed E-state index contributed by atoms with van der Waals surface area (Å²) in [7, 11) is 0. The SMILES string of the molecule is C=CC(=O)OCCCCCCOc1ccc(C(=O)OC2CCC(C3CCC(OC(=O)c4ccc(OCCCCCCC)cc4)CC3)CC2)cc1. The van der Waals surface area contributed by atoms with Crippen molar-refractivity contribution in [3.63, 3.8) is 0 Å². The predicted molar refractivity (Wildman–Crippen MR) is 195 cm³/mol. The van der Waals surface area contributed by atoms with Crippen LogP contribution in [0.3, 0.4) is 0 Å². The topological polar surface area (TPSA) is 97.4 Å². The molecule has 4 rings (SSSR count). The maximum absolute atomic E-state index is 12.8. The fourth-order valence-electron chi connectivity index (χ4n) is 7.04. The largest absolute Gasteiger partial charge is 0.494 e. The highest BCUT2D eigenvalue weighted by atomic mass is 16.5. The van der Waals surface area contributed by atoms with Gasteiger partial charge in [-0.15, -0.1) is 0 Å². The zero-order valence-electron chi connectivity index (χ0n) is 30.1. The Morgan fingerprint density at radius 3 is 1.38 bits per heavy atom. The third-order valence-corrected chi connectivity index (χ3v) is 10.1. The number of carbonyl (C=O) groups excluding carboxylic acids is 3. The van der Waals surface area contributed by atoms with Crippen molar-refractivity contribution >= 4 is 17.9 Å². The molecule has 0 saturated heterocycles. The first-order valence-corrected chi connectivity index (χ1v) is 19.1. The van der Waals surface area contributed by atoms with Crippen LogP contribution in [0.15, 0.2) is 61.2 Å². The molecule has 8 heteroatoms. The van der Waals surface area contributed by atoms with Crippen LogP contribution in [0.5, 0.6) is 11.5 Å². The second-order valence-electron chi connectivity index (χ2n) is 13.8. The summed E-state index contributed by atoms with van der Waals surface area (Å²) in [5, 5.41) is 0. The number of benzene rings is 2. The van der Waals surface area contributed by atoms with E-state index in [4.69, 9.17) is 23.7 Å². The van der Waals surface area contributed by atoms with Crippen LogP contribution >= 0.6 is 0 Å². The minimum atomic E-state index is -0.382. The summed E-state index contributed by atoms with van der Waals surface area (Å²) < 4.78 is 28.4. The van der Waals surface area contributed by atoms with Crippen LogP contribution in [0.1, 0.15) is 137 Å². The van der Waals surface area contributed by atoms with Crippen LogP contribution < -0.4 is 9.47 Å². The normalized spacial score (nSPS) is 20.3. The van der Waals surface area contributed by atoms with E-state index in [2.05, 4.69) is 13.5 Å². The van der Waals surface area contributed by atoms with E-state index in [-0.39, 0.29) is 30.1 Å². The summed E-state index contributed by atoms with van der Waals surface area (Å²) in [5.74, 6) is 1.88. The molecule has 2 aliphatic carbocycles. The van der Waals surface area contributed by atoms with Gasteiger partial charge in [0.1, 0.15) is 23.7 Å². The van der Waals surface area contributed by atoms with Gasteiger partial charge in [-0.2, -0.15) is 0 Å². The third kappa shape index (κ3) is 13.8. The summed E-state index contributed by atoms with van der Waals surface area (Å²) in [6.07, 6.45) is 18.6. The third-order valence-electron chi connectivity index (χ3n) is 10.1. The lowest BCUT2D eigenvalue weighted by atomic mass is 9.72. The van der Waals surface area contributed by atoms with Crippen LogP contribution in [-0.2, 0) is 19.0 Å². The zero-order chi connectivity index (χ0) is 35.4. The molecule has 0 unspecified atom stereocenters. The van der Waals surface area contributed by atoms with E-state index >= 15 is 0 Å². The average molecular weight is 691 g/mol. The Morgan fingerprint density at radius 2 is 0.980 bits per heavy atom. The molecular weight excluding hydrogens is 632 g/mol. The summed E-state index contributed by atoms with van der Waals surface area (Å²) in [6.45, 7) is 7.31. The molecule has 274 valence electrons. The lowest BCUT2D eigenvalue weighted by Crippen LogP contribution is -2.32. The number of rotatable bonds is 21. The van der Waals surface area contributed by atoms with Crippen LogP contribution in [0, 0.1) is 11.8 Å². The average Bonchev–Trinajstić information content (AvgIpc) is 3.15. The Kier molecular flexibility index (Phi) is 17.2. The second kappa shape index (κ2) is 22.1. The molecule has 0 heterocycles. The highest BCUT2D eigenvalue weighted by Crippen LogP contribution is 2.40. The van der Waals surface area contributed by atoms with E-state index < -0.39 is 0 Å². The van der Waals surface area contributed by atoms with Crippen molar-refractivity contribution in [1.29, 1.82) is 0 Å². The molecule has 2 aliphatic rings. The van der Waals surface area contributed by atoms with E-state index in [9.17, 15) is 14.4 Å². The van der Waals surface area contributed by atoms with Crippen LogP contribution in [0.4, 0.5) is 0 Å². The van der Waals surface area contributed by atoms with Gasteiger partial charge in [0.25, 0.3) is 0 Å². The van der Waals surface area contributed by atoms with Gasteiger partial charge in [-0.3, -0.25) is 0 Å². The molecule has 0 atom stereocenters. The summed E-state index contributed by atoms with van der Waals surface area (Å²) in [6, 6.07) is 14.5. The Balaban J connectivity index is 1.06. The Labute approximate surface area is 299 Å². The smallest absolute Gasteiger partial charge is 0.338 e. The van der Waals surface area contributed by atoms with Crippen molar-refractivity contribution in [2.45, 2.75) is 128 Å². The van der Waals surface area contributed by atoms with Gasteiger partial charge in [0.15, 0.2) is 0 Å². The van der Waals surface area contributed by atoms with E-state index in [0.717, 1.165) is 95.0 Å². The van der Waals surface area contributed by atoms with Gasteiger partial charge in [-0.1, -0.05) is 39.2 Å². The first-order chi connectivity index (χ1) is 24.4. The molecule has 2 fully saturated rings. The molecule has 2 aromatic rings. The minimum Gasteiger partial charge on any atom is -0.494 e. The Bertz CT molecular complexity index is 1290. The molecule has 0 amide bonds. The zero-order valence-corrected chi connectivity index (χ0v) is 30.1. The Hall–Kier alpha value is -3.81. The van der Waals surface area contributed by atoms with Crippen molar-refractivity contribution in [3.05, 3.63) is 72.3 Å². The van der Waals surface area contributed by atoms with Gasteiger partial charge < -0.3 is 23.7 Å². The molecular formula is C42H58O8. The molecule has 2 aromatic carbocycles. The molecule has 0 bridgehead atoms. The van der Waals surface area contributed by atoms with Gasteiger partial charge in [0.2, 0.25) is 0 Å². The lowest BCUT2D eigenvalue weighted by Gasteiger charge is -2.37. The summed E-state index contributed by atoms with van der Waals surface area (Å²) in [4.78, 5) is 36.7. The van der Waals surface area contributed by atoms with Crippen molar-refractivity contribution in [2.75, 3.05) is 19.8 Å². The first kappa shape index (κ1) is 39.0. The van der Waals surface area contributed by atoms with Gasteiger partial charge in [-0.05, 0) is 144 Å². The Morgan fingerprint density at radius 1 is 0.580 bits per heavy atom.